The van der Waals surface area contributed by atoms with Crippen molar-refractivity contribution in [3.63, 3.8) is 0 Å². The summed E-state index contributed by atoms with van der Waals surface area (Å²) >= 11 is 1.75. The average molecular weight is 332 g/mol. The van der Waals surface area contributed by atoms with Crippen molar-refractivity contribution in [1.29, 1.82) is 0 Å². The molecule has 0 spiro atoms. The van der Waals surface area contributed by atoms with E-state index >= 15 is 0 Å². The van der Waals surface area contributed by atoms with Crippen molar-refractivity contribution >= 4 is 17.7 Å². The summed E-state index contributed by atoms with van der Waals surface area (Å²) in [5, 5.41) is 11.6. The van der Waals surface area contributed by atoms with Crippen LogP contribution in [0.2, 0.25) is 0 Å². The zero-order valence-corrected chi connectivity index (χ0v) is 15.2. The summed E-state index contributed by atoms with van der Waals surface area (Å²) in [6.45, 7) is 3.33. The second-order valence-corrected chi connectivity index (χ2v) is 6.21. The number of aliphatic imine (C=N–C) groups is 1. The fourth-order valence-electron chi connectivity index (χ4n) is 2.23. The second-order valence-electron chi connectivity index (χ2n) is 5.33. The third-order valence-electron chi connectivity index (χ3n) is 3.74. The first kappa shape index (κ1) is 17.3. The monoisotopic (exact) mass is 332 g/mol. The number of nitrogens with zero attached hydrogens (tertiary/aromatic N) is 5. The summed E-state index contributed by atoms with van der Waals surface area (Å²) in [6, 6.07) is 8.60. The van der Waals surface area contributed by atoms with E-state index in [0.717, 1.165) is 24.2 Å². The normalized spacial score (nSPS) is 11.6. The van der Waals surface area contributed by atoms with Gasteiger partial charge in [0.15, 0.2) is 11.8 Å². The van der Waals surface area contributed by atoms with Crippen LogP contribution in [0.5, 0.6) is 0 Å². The minimum absolute atomic E-state index is 0.597. The minimum Gasteiger partial charge on any atom is -0.349 e. The van der Waals surface area contributed by atoms with Crippen LogP contribution in [-0.4, -0.2) is 46.0 Å². The molecule has 23 heavy (non-hydrogen) atoms. The van der Waals surface area contributed by atoms with Gasteiger partial charge in [-0.2, -0.15) is 0 Å². The van der Waals surface area contributed by atoms with Gasteiger partial charge in [0.2, 0.25) is 0 Å². The third-order valence-corrected chi connectivity index (χ3v) is 4.48. The van der Waals surface area contributed by atoms with Gasteiger partial charge in [0.25, 0.3) is 0 Å². The molecule has 0 saturated heterocycles. The van der Waals surface area contributed by atoms with Crippen molar-refractivity contribution in [2.45, 2.75) is 24.9 Å². The molecule has 0 aliphatic heterocycles. The van der Waals surface area contributed by atoms with E-state index in [2.05, 4.69) is 55.9 Å². The summed E-state index contributed by atoms with van der Waals surface area (Å²) in [7, 11) is 5.78. The van der Waals surface area contributed by atoms with E-state index in [-0.39, 0.29) is 0 Å². The third kappa shape index (κ3) is 4.48. The Morgan fingerprint density at radius 2 is 2.00 bits per heavy atom. The van der Waals surface area contributed by atoms with Gasteiger partial charge in [-0.25, -0.2) is 0 Å². The Kier molecular flexibility index (Phi) is 6.04. The first-order valence-corrected chi connectivity index (χ1v) is 8.67. The summed E-state index contributed by atoms with van der Waals surface area (Å²) in [5.41, 5.74) is 1.25. The van der Waals surface area contributed by atoms with Crippen LogP contribution in [0.25, 0.3) is 0 Å². The minimum atomic E-state index is 0.597. The van der Waals surface area contributed by atoms with Crippen LogP contribution in [0.4, 0.5) is 0 Å². The van der Waals surface area contributed by atoms with E-state index < -0.39 is 0 Å². The van der Waals surface area contributed by atoms with Crippen LogP contribution < -0.4 is 5.32 Å². The lowest BCUT2D eigenvalue weighted by molar-refractivity contribution is 0.474. The van der Waals surface area contributed by atoms with E-state index in [1.807, 2.05) is 25.6 Å². The fourth-order valence-corrected chi connectivity index (χ4v) is 2.64. The Morgan fingerprint density at radius 3 is 2.52 bits per heavy atom. The lowest BCUT2D eigenvalue weighted by Gasteiger charge is -2.22. The van der Waals surface area contributed by atoms with Gasteiger partial charge in [-0.1, -0.05) is 12.1 Å². The quantitative estimate of drug-likeness (QED) is 0.516. The Labute approximate surface area is 142 Å². The Bertz CT molecular complexity index is 662. The van der Waals surface area contributed by atoms with Crippen molar-refractivity contribution in [2.75, 3.05) is 20.4 Å². The predicted molar refractivity (Wildman–Crippen MR) is 95.6 cm³/mol. The average Bonchev–Trinajstić information content (AvgIpc) is 2.88. The van der Waals surface area contributed by atoms with Crippen LogP contribution in [-0.2, 0) is 20.1 Å². The molecule has 0 radical (unpaired) electrons. The van der Waals surface area contributed by atoms with Gasteiger partial charge in [-0.05, 0) is 30.9 Å². The molecule has 0 amide bonds. The molecule has 0 bridgehead atoms. The van der Waals surface area contributed by atoms with Crippen LogP contribution in [0.3, 0.4) is 0 Å². The molecule has 124 valence electrons. The first-order chi connectivity index (χ1) is 11.0. The molecular formula is C16H24N6S. The molecule has 0 atom stereocenters. The van der Waals surface area contributed by atoms with Gasteiger partial charge in [-0.15, -0.1) is 22.0 Å². The maximum atomic E-state index is 4.34. The van der Waals surface area contributed by atoms with Crippen molar-refractivity contribution in [3.8, 4) is 0 Å². The Balaban J connectivity index is 1.95. The molecular weight excluding hydrogens is 308 g/mol. The molecule has 2 aromatic rings. The number of nitrogens with one attached hydrogen (secondary N) is 1. The molecule has 1 heterocycles. The summed E-state index contributed by atoms with van der Waals surface area (Å²) in [5.74, 6) is 2.62. The largest absolute Gasteiger partial charge is 0.349 e. The number of hydrogen-bond donors (Lipinski definition) is 1. The molecule has 6 nitrogen and oxygen atoms in total. The number of thioether (sulfide) groups is 1. The zero-order valence-electron chi connectivity index (χ0n) is 14.4. The van der Waals surface area contributed by atoms with E-state index in [1.165, 1.54) is 10.5 Å². The van der Waals surface area contributed by atoms with Gasteiger partial charge in [0, 0.05) is 32.6 Å². The summed E-state index contributed by atoms with van der Waals surface area (Å²) in [6.07, 6.45) is 2.08. The van der Waals surface area contributed by atoms with Crippen LogP contribution in [0.1, 0.15) is 17.2 Å². The molecule has 0 aliphatic carbocycles. The predicted octanol–water partition coefficient (Wildman–Crippen LogP) is 2.05. The topological polar surface area (TPSA) is 58.3 Å². The van der Waals surface area contributed by atoms with Crippen molar-refractivity contribution in [3.05, 3.63) is 41.5 Å². The molecule has 0 saturated carbocycles. The van der Waals surface area contributed by atoms with Gasteiger partial charge >= 0.3 is 0 Å². The molecule has 1 aromatic carbocycles. The highest BCUT2D eigenvalue weighted by Gasteiger charge is 2.09. The highest BCUT2D eigenvalue weighted by atomic mass is 32.2. The maximum Gasteiger partial charge on any atom is 0.194 e. The van der Waals surface area contributed by atoms with Gasteiger partial charge in [0.05, 0.1) is 6.54 Å². The molecule has 0 aliphatic rings. The van der Waals surface area contributed by atoms with Crippen molar-refractivity contribution in [2.24, 2.45) is 12.0 Å². The summed E-state index contributed by atoms with van der Waals surface area (Å²) in [4.78, 5) is 7.71. The lowest BCUT2D eigenvalue weighted by Crippen LogP contribution is -2.38. The number of benzene rings is 1. The standard InChI is InChI=1S/C16H24N6S/c1-12-19-20-15(22(12)4)10-18-16(17-2)21(3)11-13-6-8-14(23-5)9-7-13/h6-9H,10-11H2,1-5H3,(H,17,18). The Hall–Kier alpha value is -2.02. The van der Waals surface area contributed by atoms with E-state index in [1.54, 1.807) is 18.8 Å². The van der Waals surface area contributed by atoms with Crippen molar-refractivity contribution in [1.82, 2.24) is 25.0 Å². The molecule has 0 fully saturated rings. The molecule has 7 heteroatoms. The highest BCUT2D eigenvalue weighted by Crippen LogP contribution is 2.15. The number of rotatable bonds is 5. The zero-order chi connectivity index (χ0) is 16.8. The number of aryl methyl sites for hydroxylation is 1. The number of aromatic nitrogens is 3. The molecule has 2 rings (SSSR count). The first-order valence-electron chi connectivity index (χ1n) is 7.44. The number of hydrogen-bond acceptors (Lipinski definition) is 4. The SMILES string of the molecule is CN=C(NCc1nnc(C)n1C)N(C)Cc1ccc(SC)cc1. The fraction of sp³-hybridized carbons (Fsp3) is 0.438. The molecule has 1 aromatic heterocycles. The van der Waals surface area contributed by atoms with Crippen LogP contribution in [0, 0.1) is 6.92 Å². The van der Waals surface area contributed by atoms with Crippen LogP contribution >= 0.6 is 11.8 Å². The highest BCUT2D eigenvalue weighted by molar-refractivity contribution is 7.98. The molecule has 0 unspecified atom stereocenters. The summed E-state index contributed by atoms with van der Waals surface area (Å²) < 4.78 is 1.97. The van der Waals surface area contributed by atoms with Gasteiger partial charge in [0.1, 0.15) is 5.82 Å². The smallest absolute Gasteiger partial charge is 0.194 e. The van der Waals surface area contributed by atoms with E-state index in [9.17, 15) is 0 Å². The molecule has 1 N–H and O–H groups in total. The van der Waals surface area contributed by atoms with E-state index in [0.29, 0.717) is 6.54 Å². The van der Waals surface area contributed by atoms with Crippen molar-refractivity contribution < 1.29 is 0 Å². The van der Waals surface area contributed by atoms with E-state index in [4.69, 9.17) is 0 Å². The van der Waals surface area contributed by atoms with Gasteiger partial charge in [-0.3, -0.25) is 4.99 Å². The number of guanidine groups is 1. The maximum absolute atomic E-state index is 4.34. The van der Waals surface area contributed by atoms with Crippen LogP contribution in [0.15, 0.2) is 34.2 Å². The Morgan fingerprint density at radius 1 is 1.30 bits per heavy atom. The van der Waals surface area contributed by atoms with Gasteiger partial charge < -0.3 is 14.8 Å². The second kappa shape index (κ2) is 8.01. The lowest BCUT2D eigenvalue weighted by atomic mass is 10.2.